The zero-order chi connectivity index (χ0) is 22.9. The number of hydrogen-bond acceptors (Lipinski definition) is 3. The second kappa shape index (κ2) is 8.82. The van der Waals surface area contributed by atoms with Crippen molar-refractivity contribution < 1.29 is 13.2 Å². The lowest BCUT2D eigenvalue weighted by molar-refractivity contribution is 0.102. The van der Waals surface area contributed by atoms with Crippen LogP contribution in [0.2, 0.25) is 10.0 Å². The number of amides is 1. The van der Waals surface area contributed by atoms with Crippen LogP contribution in [0.3, 0.4) is 0 Å². The molecule has 162 valence electrons. The Morgan fingerprint density at radius 1 is 0.906 bits per heavy atom. The van der Waals surface area contributed by atoms with Crippen molar-refractivity contribution in [3.05, 3.63) is 94.6 Å². The Labute approximate surface area is 195 Å². The van der Waals surface area contributed by atoms with Gasteiger partial charge >= 0.3 is 0 Å². The van der Waals surface area contributed by atoms with Gasteiger partial charge in [0, 0.05) is 40.0 Å². The molecule has 8 heteroatoms. The zero-order valence-corrected chi connectivity index (χ0v) is 19.2. The van der Waals surface area contributed by atoms with E-state index >= 15 is 0 Å². The highest BCUT2D eigenvalue weighted by molar-refractivity contribution is 7.90. The van der Waals surface area contributed by atoms with E-state index < -0.39 is 9.84 Å². The predicted molar refractivity (Wildman–Crippen MR) is 129 cm³/mol. The third-order valence-corrected chi connectivity index (χ3v) is 6.59. The number of aromatic nitrogens is 1. The average molecular weight is 485 g/mol. The molecular formula is C24H18Cl2N2O3S. The molecule has 0 saturated carbocycles. The fourth-order valence-electron chi connectivity index (χ4n) is 3.35. The van der Waals surface area contributed by atoms with E-state index in [9.17, 15) is 13.2 Å². The van der Waals surface area contributed by atoms with Crippen LogP contribution in [-0.4, -0.2) is 25.6 Å². The van der Waals surface area contributed by atoms with Gasteiger partial charge in [0.1, 0.15) is 0 Å². The molecule has 0 aliphatic heterocycles. The van der Waals surface area contributed by atoms with E-state index in [2.05, 4.69) is 10.3 Å². The number of H-pyrrole nitrogens is 1. The van der Waals surface area contributed by atoms with Gasteiger partial charge in [0.15, 0.2) is 9.84 Å². The largest absolute Gasteiger partial charge is 0.361 e. The van der Waals surface area contributed by atoms with Gasteiger partial charge in [0.2, 0.25) is 0 Å². The summed E-state index contributed by atoms with van der Waals surface area (Å²) in [6.45, 7) is 0. The van der Waals surface area contributed by atoms with Crippen LogP contribution in [0.1, 0.15) is 10.4 Å². The summed E-state index contributed by atoms with van der Waals surface area (Å²) in [7, 11) is -3.46. The third kappa shape index (κ3) is 4.72. The minimum atomic E-state index is -3.46. The summed E-state index contributed by atoms with van der Waals surface area (Å²) < 4.78 is 24.2. The SMILES string of the molecule is CS(=O)(=O)c1ccc(C(=O)Nc2ccc(Cl)c(-c3ccc[nH]3)c2)c(-c2cccc(Cl)c2)c1. The molecule has 0 atom stereocenters. The maximum absolute atomic E-state index is 13.2. The van der Waals surface area contributed by atoms with Gasteiger partial charge in [-0.3, -0.25) is 4.79 Å². The van der Waals surface area contributed by atoms with Crippen molar-refractivity contribution in [2.45, 2.75) is 4.90 Å². The normalized spacial score (nSPS) is 11.3. The van der Waals surface area contributed by atoms with Crippen LogP contribution in [0.4, 0.5) is 5.69 Å². The highest BCUT2D eigenvalue weighted by Gasteiger charge is 2.18. The molecule has 0 bridgehead atoms. The Morgan fingerprint density at radius 3 is 2.41 bits per heavy atom. The van der Waals surface area contributed by atoms with Crippen LogP contribution in [0.25, 0.3) is 22.4 Å². The Kier molecular flexibility index (Phi) is 6.11. The average Bonchev–Trinajstić information content (AvgIpc) is 3.28. The highest BCUT2D eigenvalue weighted by atomic mass is 35.5. The summed E-state index contributed by atoms with van der Waals surface area (Å²) in [5.41, 5.74) is 3.53. The summed E-state index contributed by atoms with van der Waals surface area (Å²) in [5.74, 6) is -0.389. The number of aromatic amines is 1. The van der Waals surface area contributed by atoms with Gasteiger partial charge in [-0.25, -0.2) is 8.42 Å². The molecule has 0 spiro atoms. The van der Waals surface area contributed by atoms with Crippen molar-refractivity contribution in [3.63, 3.8) is 0 Å². The summed E-state index contributed by atoms with van der Waals surface area (Å²) >= 11 is 12.5. The third-order valence-electron chi connectivity index (χ3n) is 4.91. The topological polar surface area (TPSA) is 79.0 Å². The standard InChI is InChI=1S/C24H18Cl2N2O3S/c1-32(30,31)18-8-9-19(20(14-18)15-4-2-5-16(25)12-15)24(29)28-17-7-10-22(26)21(13-17)23-6-3-11-27-23/h2-14,27H,1H3,(H,28,29). The first-order chi connectivity index (χ1) is 15.2. The van der Waals surface area contributed by atoms with Crippen LogP contribution >= 0.6 is 23.2 Å². The number of hydrogen-bond donors (Lipinski definition) is 2. The zero-order valence-electron chi connectivity index (χ0n) is 16.9. The Hall–Kier alpha value is -3.06. The van der Waals surface area contributed by atoms with Gasteiger partial charge in [0.05, 0.1) is 9.92 Å². The van der Waals surface area contributed by atoms with Crippen molar-refractivity contribution in [2.75, 3.05) is 11.6 Å². The van der Waals surface area contributed by atoms with E-state index in [4.69, 9.17) is 23.2 Å². The minimum absolute atomic E-state index is 0.115. The molecule has 0 radical (unpaired) electrons. The molecule has 3 aromatic carbocycles. The molecule has 1 aromatic heterocycles. The summed E-state index contributed by atoms with van der Waals surface area (Å²) in [5, 5.41) is 3.90. The van der Waals surface area contributed by atoms with E-state index in [-0.39, 0.29) is 10.8 Å². The molecule has 1 heterocycles. The minimum Gasteiger partial charge on any atom is -0.361 e. The second-order valence-electron chi connectivity index (χ2n) is 7.22. The van der Waals surface area contributed by atoms with Gasteiger partial charge in [-0.1, -0.05) is 35.3 Å². The predicted octanol–water partition coefficient (Wildman–Crippen LogP) is 6.31. The lowest BCUT2D eigenvalue weighted by Crippen LogP contribution is -2.14. The number of anilines is 1. The quantitative estimate of drug-likeness (QED) is 0.348. The first-order valence-corrected chi connectivity index (χ1v) is 12.2. The van der Waals surface area contributed by atoms with Gasteiger partial charge in [-0.05, 0) is 71.8 Å². The fourth-order valence-corrected chi connectivity index (χ4v) is 4.41. The molecule has 1 amide bonds. The molecule has 0 aliphatic rings. The molecule has 0 fully saturated rings. The Bertz CT molecular complexity index is 1420. The maximum atomic E-state index is 13.2. The molecular weight excluding hydrogens is 467 g/mol. The second-order valence-corrected chi connectivity index (χ2v) is 10.1. The first kappa shape index (κ1) is 22.1. The van der Waals surface area contributed by atoms with Crippen molar-refractivity contribution in [1.29, 1.82) is 0 Å². The number of rotatable bonds is 5. The smallest absolute Gasteiger partial charge is 0.256 e. The molecule has 0 saturated heterocycles. The molecule has 4 aromatic rings. The summed E-state index contributed by atoms with van der Waals surface area (Å²) in [4.78, 5) is 16.4. The van der Waals surface area contributed by atoms with Gasteiger partial charge < -0.3 is 10.3 Å². The monoisotopic (exact) mass is 484 g/mol. The Balaban J connectivity index is 1.75. The fraction of sp³-hybridized carbons (Fsp3) is 0.0417. The number of nitrogens with one attached hydrogen (secondary N) is 2. The van der Waals surface area contributed by atoms with Gasteiger partial charge in [0.25, 0.3) is 5.91 Å². The number of sulfone groups is 1. The van der Waals surface area contributed by atoms with E-state index in [1.807, 2.05) is 12.1 Å². The first-order valence-electron chi connectivity index (χ1n) is 9.57. The van der Waals surface area contributed by atoms with Crippen molar-refractivity contribution >= 4 is 44.6 Å². The van der Waals surface area contributed by atoms with E-state index in [1.165, 1.54) is 18.2 Å². The van der Waals surface area contributed by atoms with Crippen LogP contribution in [-0.2, 0) is 9.84 Å². The van der Waals surface area contributed by atoms with Crippen LogP contribution in [0.15, 0.2) is 83.9 Å². The highest BCUT2D eigenvalue weighted by Crippen LogP contribution is 2.32. The van der Waals surface area contributed by atoms with Crippen molar-refractivity contribution in [2.24, 2.45) is 0 Å². The van der Waals surface area contributed by atoms with Crippen LogP contribution in [0.5, 0.6) is 0 Å². The van der Waals surface area contributed by atoms with Crippen LogP contribution in [0, 0.1) is 0 Å². The van der Waals surface area contributed by atoms with Crippen molar-refractivity contribution in [3.8, 4) is 22.4 Å². The number of benzene rings is 3. The van der Waals surface area contributed by atoms with E-state index in [0.717, 1.165) is 17.5 Å². The summed E-state index contributed by atoms with van der Waals surface area (Å²) in [6.07, 6.45) is 2.91. The summed E-state index contributed by atoms with van der Waals surface area (Å²) in [6, 6.07) is 20.3. The lowest BCUT2D eigenvalue weighted by Gasteiger charge is -2.13. The van der Waals surface area contributed by atoms with Gasteiger partial charge in [-0.15, -0.1) is 0 Å². The van der Waals surface area contributed by atoms with Gasteiger partial charge in [-0.2, -0.15) is 0 Å². The molecule has 4 rings (SSSR count). The van der Waals surface area contributed by atoms with E-state index in [0.29, 0.717) is 32.4 Å². The van der Waals surface area contributed by atoms with Crippen LogP contribution < -0.4 is 5.32 Å². The maximum Gasteiger partial charge on any atom is 0.256 e. The number of halogens is 2. The van der Waals surface area contributed by atoms with E-state index in [1.54, 1.807) is 48.7 Å². The molecule has 2 N–H and O–H groups in total. The molecule has 0 unspecified atom stereocenters. The Morgan fingerprint density at radius 2 is 1.72 bits per heavy atom. The molecule has 0 aliphatic carbocycles. The molecule has 5 nitrogen and oxygen atoms in total. The lowest BCUT2D eigenvalue weighted by atomic mass is 9.99. The number of carbonyl (C=O) groups excluding carboxylic acids is 1. The number of carbonyl (C=O) groups is 1. The van der Waals surface area contributed by atoms with Crippen molar-refractivity contribution in [1.82, 2.24) is 4.98 Å². The molecule has 32 heavy (non-hydrogen) atoms.